The number of hydrogen-bond donors (Lipinski definition) is 1. The fraction of sp³-hybridized carbons (Fsp3) is 0.308. The summed E-state index contributed by atoms with van der Waals surface area (Å²) in [5, 5.41) is 8.98. The number of aliphatic carboxylic acids is 1. The molecule has 104 valence electrons. The number of rotatable bonds is 7. The van der Waals surface area contributed by atoms with Gasteiger partial charge in [0.1, 0.15) is 0 Å². The average Bonchev–Trinajstić information content (AvgIpc) is 2.38. The summed E-state index contributed by atoms with van der Waals surface area (Å²) >= 11 is 0. The lowest BCUT2D eigenvalue weighted by Crippen LogP contribution is -2.24. The van der Waals surface area contributed by atoms with Crippen LogP contribution in [0.1, 0.15) is 20.3 Å². The summed E-state index contributed by atoms with van der Waals surface area (Å²) < 4.78 is 9.19. The summed E-state index contributed by atoms with van der Waals surface area (Å²) in [6.07, 6.45) is 4.67. The van der Waals surface area contributed by atoms with E-state index in [0.717, 1.165) is 12.5 Å². The van der Waals surface area contributed by atoms with E-state index in [1.54, 1.807) is 13.8 Å². The van der Waals surface area contributed by atoms with Crippen LogP contribution in [0.3, 0.4) is 0 Å². The predicted molar refractivity (Wildman–Crippen MR) is 66.7 cm³/mol. The Labute approximate surface area is 111 Å². The van der Waals surface area contributed by atoms with E-state index in [0.29, 0.717) is 0 Å². The summed E-state index contributed by atoms with van der Waals surface area (Å²) in [6.45, 7) is 6.61. The maximum absolute atomic E-state index is 11.4. The predicted octanol–water partition coefficient (Wildman–Crippen LogP) is 1.79. The highest BCUT2D eigenvalue weighted by molar-refractivity contribution is 5.96. The second kappa shape index (κ2) is 8.68. The van der Waals surface area contributed by atoms with Crippen molar-refractivity contribution in [2.24, 2.45) is 5.92 Å². The highest BCUT2D eigenvalue weighted by Gasteiger charge is 2.29. The lowest BCUT2D eigenvalue weighted by molar-refractivity contribution is -0.149. The van der Waals surface area contributed by atoms with E-state index in [-0.39, 0.29) is 5.57 Å². The van der Waals surface area contributed by atoms with Gasteiger partial charge in [-0.3, -0.25) is 9.59 Å². The van der Waals surface area contributed by atoms with Gasteiger partial charge in [-0.2, -0.15) is 0 Å². The van der Waals surface area contributed by atoms with Crippen molar-refractivity contribution in [1.82, 2.24) is 0 Å². The van der Waals surface area contributed by atoms with Gasteiger partial charge < -0.3 is 14.6 Å². The average molecular weight is 268 g/mol. The number of carboxylic acids is 1. The minimum Gasteiger partial charge on any atom is -0.481 e. The first-order valence-corrected chi connectivity index (χ1v) is 5.48. The minimum absolute atomic E-state index is 0.317. The van der Waals surface area contributed by atoms with Crippen LogP contribution in [0.15, 0.2) is 36.8 Å². The summed E-state index contributed by atoms with van der Waals surface area (Å²) in [6, 6.07) is 0. The normalized spacial score (nSPS) is 12.3. The molecule has 0 saturated carbocycles. The van der Waals surface area contributed by atoms with Crippen molar-refractivity contribution in [3.05, 3.63) is 36.8 Å². The Kier molecular flexibility index (Phi) is 7.60. The molecule has 0 aliphatic rings. The maximum atomic E-state index is 11.4. The Morgan fingerprint density at radius 2 is 1.68 bits per heavy atom. The molecule has 0 saturated heterocycles. The molecule has 0 aromatic heterocycles. The van der Waals surface area contributed by atoms with Gasteiger partial charge in [-0.25, -0.2) is 4.79 Å². The molecule has 0 aliphatic carbocycles. The number of hydrogen-bond acceptors (Lipinski definition) is 5. The molecule has 0 aromatic carbocycles. The van der Waals surface area contributed by atoms with Crippen LogP contribution in [-0.4, -0.2) is 23.0 Å². The fourth-order valence-electron chi connectivity index (χ4n) is 1.07. The quantitative estimate of drug-likeness (QED) is 0.430. The topological polar surface area (TPSA) is 89.9 Å². The highest BCUT2D eigenvalue weighted by atomic mass is 16.5. The molecule has 1 N–H and O–H groups in total. The number of carbonyl (C=O) groups is 3. The van der Waals surface area contributed by atoms with E-state index in [2.05, 4.69) is 16.1 Å². The Bertz CT molecular complexity index is 419. The van der Waals surface area contributed by atoms with Gasteiger partial charge in [0.15, 0.2) is 0 Å². The molecule has 6 heteroatoms. The zero-order valence-corrected chi connectivity index (χ0v) is 10.8. The summed E-state index contributed by atoms with van der Waals surface area (Å²) in [4.78, 5) is 33.8. The van der Waals surface area contributed by atoms with Crippen molar-refractivity contribution in [3.8, 4) is 0 Å². The van der Waals surface area contributed by atoms with Crippen LogP contribution in [0.4, 0.5) is 0 Å². The molecule has 19 heavy (non-hydrogen) atoms. The lowest BCUT2D eigenvalue weighted by Gasteiger charge is -2.12. The van der Waals surface area contributed by atoms with Crippen LogP contribution in [-0.2, 0) is 23.9 Å². The first-order chi connectivity index (χ1) is 8.93. The van der Waals surface area contributed by atoms with Crippen molar-refractivity contribution < 1.29 is 29.0 Å². The molecular formula is C13H16O6. The molecule has 1 atom stereocenters. The fourth-order valence-corrected chi connectivity index (χ4v) is 1.07. The van der Waals surface area contributed by atoms with E-state index in [1.807, 2.05) is 0 Å². The van der Waals surface area contributed by atoms with Crippen LogP contribution < -0.4 is 0 Å². The summed E-state index contributed by atoms with van der Waals surface area (Å²) in [5.74, 6) is -4.40. The molecule has 0 spiro atoms. The van der Waals surface area contributed by atoms with Gasteiger partial charge >= 0.3 is 17.9 Å². The third kappa shape index (κ3) is 6.21. The van der Waals surface area contributed by atoms with Crippen LogP contribution >= 0.6 is 0 Å². The Balaban J connectivity index is 4.73. The number of ether oxygens (including phenoxy) is 2. The van der Waals surface area contributed by atoms with Crippen molar-refractivity contribution in [2.45, 2.75) is 20.3 Å². The number of carboxylic acid groups (broad SMARTS) is 1. The molecule has 1 unspecified atom stereocenters. The van der Waals surface area contributed by atoms with Gasteiger partial charge in [-0.05, 0) is 13.8 Å². The van der Waals surface area contributed by atoms with E-state index in [4.69, 9.17) is 5.11 Å². The SMILES string of the molecule is C=C(C(=O)O/C=C/C)C(CC(=O)O/C=C/C)C(=O)O. The van der Waals surface area contributed by atoms with Crippen molar-refractivity contribution in [2.75, 3.05) is 0 Å². The van der Waals surface area contributed by atoms with Gasteiger partial charge in [0.05, 0.1) is 24.9 Å². The molecule has 0 amide bonds. The van der Waals surface area contributed by atoms with Gasteiger partial charge in [0, 0.05) is 5.57 Å². The standard InChI is InChI=1S/C13H16O6/c1-4-6-18-11(14)8-10(12(15)16)9(3)13(17)19-7-5-2/h4-7,10H,3,8H2,1-2H3,(H,15,16)/b6-4+,7-5+. The van der Waals surface area contributed by atoms with Crippen LogP contribution in [0.25, 0.3) is 0 Å². The Morgan fingerprint density at radius 3 is 2.16 bits per heavy atom. The van der Waals surface area contributed by atoms with Crippen LogP contribution in [0.2, 0.25) is 0 Å². The monoisotopic (exact) mass is 268 g/mol. The number of esters is 2. The maximum Gasteiger partial charge on any atom is 0.339 e. The molecule has 0 aromatic rings. The second-order valence-corrected chi connectivity index (χ2v) is 3.45. The van der Waals surface area contributed by atoms with Crippen LogP contribution in [0.5, 0.6) is 0 Å². The molecule has 0 aliphatic heterocycles. The van der Waals surface area contributed by atoms with E-state index in [9.17, 15) is 14.4 Å². The zero-order chi connectivity index (χ0) is 14.8. The Hall–Kier alpha value is -2.37. The largest absolute Gasteiger partial charge is 0.481 e. The molecule has 0 heterocycles. The highest BCUT2D eigenvalue weighted by Crippen LogP contribution is 2.17. The van der Waals surface area contributed by atoms with Crippen molar-refractivity contribution in [3.63, 3.8) is 0 Å². The van der Waals surface area contributed by atoms with Crippen molar-refractivity contribution >= 4 is 17.9 Å². The Morgan fingerprint density at radius 1 is 1.16 bits per heavy atom. The van der Waals surface area contributed by atoms with Crippen LogP contribution in [0, 0.1) is 5.92 Å². The summed E-state index contributed by atoms with van der Waals surface area (Å²) in [7, 11) is 0. The molecular weight excluding hydrogens is 252 g/mol. The second-order valence-electron chi connectivity index (χ2n) is 3.45. The molecule has 6 nitrogen and oxygen atoms in total. The van der Waals surface area contributed by atoms with E-state index >= 15 is 0 Å². The zero-order valence-electron chi connectivity index (χ0n) is 10.8. The lowest BCUT2D eigenvalue weighted by atomic mass is 9.97. The minimum atomic E-state index is -1.38. The number of carbonyl (C=O) groups excluding carboxylic acids is 2. The third-order valence-electron chi connectivity index (χ3n) is 2.00. The molecule has 0 rings (SSSR count). The summed E-state index contributed by atoms with van der Waals surface area (Å²) in [5.41, 5.74) is -0.317. The molecule has 0 radical (unpaired) electrons. The number of allylic oxidation sites excluding steroid dienone is 2. The van der Waals surface area contributed by atoms with Crippen molar-refractivity contribution in [1.29, 1.82) is 0 Å². The first kappa shape index (κ1) is 16.6. The molecule has 0 bridgehead atoms. The van der Waals surface area contributed by atoms with Gasteiger partial charge in [-0.1, -0.05) is 18.7 Å². The first-order valence-electron chi connectivity index (χ1n) is 5.48. The third-order valence-corrected chi connectivity index (χ3v) is 2.00. The van der Waals surface area contributed by atoms with Gasteiger partial charge in [0.25, 0.3) is 0 Å². The van der Waals surface area contributed by atoms with E-state index in [1.165, 1.54) is 12.2 Å². The smallest absolute Gasteiger partial charge is 0.339 e. The van der Waals surface area contributed by atoms with Gasteiger partial charge in [0.2, 0.25) is 0 Å². The van der Waals surface area contributed by atoms with Gasteiger partial charge in [-0.15, -0.1) is 0 Å². The van der Waals surface area contributed by atoms with E-state index < -0.39 is 30.2 Å². The molecule has 0 fully saturated rings.